The van der Waals surface area contributed by atoms with Gasteiger partial charge in [-0.3, -0.25) is 0 Å². The molecule has 0 bridgehead atoms. The van der Waals surface area contributed by atoms with Gasteiger partial charge in [0.1, 0.15) is 0 Å². The predicted octanol–water partition coefficient (Wildman–Crippen LogP) is 2.00. The van der Waals surface area contributed by atoms with Gasteiger partial charge in [0.25, 0.3) is 0 Å². The lowest BCUT2D eigenvalue weighted by atomic mass is 10.1. The normalized spacial score (nSPS) is 10.6. The Morgan fingerprint density at radius 2 is 2.00 bits per heavy atom. The summed E-state index contributed by atoms with van der Waals surface area (Å²) in [5.74, 6) is 0.990. The first-order valence-electron chi connectivity index (χ1n) is 6.25. The number of hydrogen-bond donors (Lipinski definition) is 1. The molecule has 0 saturated heterocycles. The molecule has 1 heterocycles. The van der Waals surface area contributed by atoms with E-state index in [9.17, 15) is 0 Å². The highest BCUT2D eigenvalue weighted by Crippen LogP contribution is 2.15. The maximum absolute atomic E-state index is 5.76. The molecule has 96 valence electrons. The minimum atomic E-state index is 0.576. The van der Waals surface area contributed by atoms with Crippen molar-refractivity contribution in [3.63, 3.8) is 0 Å². The SMILES string of the molecule is CCn1ccnc1N(C)Cc1ccccc1CN. The quantitative estimate of drug-likeness (QED) is 0.875. The number of benzene rings is 1. The van der Waals surface area contributed by atoms with E-state index in [2.05, 4.69) is 46.6 Å². The average Bonchev–Trinajstić information content (AvgIpc) is 2.87. The fourth-order valence-corrected chi connectivity index (χ4v) is 2.12. The van der Waals surface area contributed by atoms with E-state index in [0.717, 1.165) is 19.0 Å². The van der Waals surface area contributed by atoms with Gasteiger partial charge in [-0.25, -0.2) is 4.98 Å². The highest BCUT2D eigenvalue weighted by molar-refractivity contribution is 5.35. The number of anilines is 1. The van der Waals surface area contributed by atoms with Gasteiger partial charge in [0.2, 0.25) is 5.95 Å². The van der Waals surface area contributed by atoms with Crippen LogP contribution in [0, 0.1) is 0 Å². The Morgan fingerprint density at radius 1 is 1.28 bits per heavy atom. The second-order valence-corrected chi connectivity index (χ2v) is 4.34. The van der Waals surface area contributed by atoms with Crippen molar-refractivity contribution in [3.05, 3.63) is 47.8 Å². The van der Waals surface area contributed by atoms with Crippen LogP contribution in [0.4, 0.5) is 5.95 Å². The molecule has 0 fully saturated rings. The van der Waals surface area contributed by atoms with Crippen molar-refractivity contribution in [3.8, 4) is 0 Å². The van der Waals surface area contributed by atoms with Crippen LogP contribution in [0.5, 0.6) is 0 Å². The van der Waals surface area contributed by atoms with Crippen molar-refractivity contribution in [1.29, 1.82) is 0 Å². The molecule has 0 amide bonds. The molecule has 0 aliphatic rings. The maximum Gasteiger partial charge on any atom is 0.205 e. The largest absolute Gasteiger partial charge is 0.341 e. The Hall–Kier alpha value is -1.81. The van der Waals surface area contributed by atoms with E-state index in [0.29, 0.717) is 6.54 Å². The number of nitrogens with zero attached hydrogens (tertiary/aromatic N) is 3. The summed E-state index contributed by atoms with van der Waals surface area (Å²) < 4.78 is 2.13. The van der Waals surface area contributed by atoms with E-state index in [1.807, 2.05) is 18.5 Å². The summed E-state index contributed by atoms with van der Waals surface area (Å²) in [7, 11) is 2.06. The van der Waals surface area contributed by atoms with Gasteiger partial charge in [-0.2, -0.15) is 0 Å². The Kier molecular flexibility index (Phi) is 3.99. The molecule has 0 unspecified atom stereocenters. The number of aryl methyl sites for hydroxylation is 1. The van der Waals surface area contributed by atoms with Crippen LogP contribution < -0.4 is 10.6 Å². The molecule has 1 aromatic carbocycles. The van der Waals surface area contributed by atoms with Crippen molar-refractivity contribution in [2.75, 3.05) is 11.9 Å². The summed E-state index contributed by atoms with van der Waals surface area (Å²) in [6.45, 7) is 4.45. The first-order valence-corrected chi connectivity index (χ1v) is 6.25. The zero-order valence-corrected chi connectivity index (χ0v) is 11.0. The Balaban J connectivity index is 2.18. The van der Waals surface area contributed by atoms with Crippen LogP contribution in [-0.4, -0.2) is 16.6 Å². The van der Waals surface area contributed by atoms with Gasteiger partial charge in [0.05, 0.1) is 0 Å². The zero-order chi connectivity index (χ0) is 13.0. The van der Waals surface area contributed by atoms with E-state index < -0.39 is 0 Å². The predicted molar refractivity (Wildman–Crippen MR) is 74.3 cm³/mol. The summed E-state index contributed by atoms with van der Waals surface area (Å²) in [5, 5.41) is 0. The van der Waals surface area contributed by atoms with Gasteiger partial charge in [-0.05, 0) is 18.1 Å². The number of nitrogens with two attached hydrogens (primary N) is 1. The van der Waals surface area contributed by atoms with Crippen LogP contribution >= 0.6 is 0 Å². The van der Waals surface area contributed by atoms with Gasteiger partial charge in [0, 0.05) is 39.1 Å². The molecule has 0 atom stereocenters. The lowest BCUT2D eigenvalue weighted by Gasteiger charge is -2.20. The van der Waals surface area contributed by atoms with E-state index in [4.69, 9.17) is 5.73 Å². The lowest BCUT2D eigenvalue weighted by Crippen LogP contribution is -2.21. The summed E-state index contributed by atoms with van der Waals surface area (Å²) in [4.78, 5) is 6.55. The molecule has 0 saturated carbocycles. The Morgan fingerprint density at radius 3 is 2.67 bits per heavy atom. The topological polar surface area (TPSA) is 47.1 Å². The van der Waals surface area contributed by atoms with E-state index in [1.54, 1.807) is 0 Å². The number of aromatic nitrogens is 2. The summed E-state index contributed by atoms with van der Waals surface area (Å²) >= 11 is 0. The maximum atomic E-state index is 5.76. The zero-order valence-electron chi connectivity index (χ0n) is 11.0. The van der Waals surface area contributed by atoms with Crippen LogP contribution in [0.25, 0.3) is 0 Å². The van der Waals surface area contributed by atoms with Crippen molar-refractivity contribution in [2.24, 2.45) is 5.73 Å². The molecule has 4 nitrogen and oxygen atoms in total. The lowest BCUT2D eigenvalue weighted by molar-refractivity contribution is 0.723. The molecule has 2 rings (SSSR count). The third kappa shape index (κ3) is 2.54. The van der Waals surface area contributed by atoms with E-state index in [1.165, 1.54) is 11.1 Å². The Bertz CT molecular complexity index is 504. The van der Waals surface area contributed by atoms with Crippen LogP contribution in [0.3, 0.4) is 0 Å². The molecule has 4 heteroatoms. The fraction of sp³-hybridized carbons (Fsp3) is 0.357. The van der Waals surface area contributed by atoms with Crippen LogP contribution in [0.15, 0.2) is 36.7 Å². The highest BCUT2D eigenvalue weighted by Gasteiger charge is 2.09. The van der Waals surface area contributed by atoms with E-state index >= 15 is 0 Å². The minimum Gasteiger partial charge on any atom is -0.341 e. The third-order valence-electron chi connectivity index (χ3n) is 3.12. The van der Waals surface area contributed by atoms with Gasteiger partial charge in [-0.15, -0.1) is 0 Å². The molecule has 0 radical (unpaired) electrons. The Labute approximate surface area is 108 Å². The van der Waals surface area contributed by atoms with Gasteiger partial charge < -0.3 is 15.2 Å². The molecule has 0 spiro atoms. The van der Waals surface area contributed by atoms with Crippen molar-refractivity contribution in [1.82, 2.24) is 9.55 Å². The van der Waals surface area contributed by atoms with Gasteiger partial charge in [-0.1, -0.05) is 24.3 Å². The smallest absolute Gasteiger partial charge is 0.205 e. The van der Waals surface area contributed by atoms with E-state index in [-0.39, 0.29) is 0 Å². The molecule has 0 aliphatic heterocycles. The minimum absolute atomic E-state index is 0.576. The number of rotatable bonds is 5. The van der Waals surface area contributed by atoms with Crippen LogP contribution in [-0.2, 0) is 19.6 Å². The second-order valence-electron chi connectivity index (χ2n) is 4.34. The average molecular weight is 244 g/mol. The summed E-state index contributed by atoms with van der Waals surface area (Å²) in [6.07, 6.45) is 3.84. The molecule has 2 aromatic rings. The number of hydrogen-bond acceptors (Lipinski definition) is 3. The molecular weight excluding hydrogens is 224 g/mol. The first-order chi connectivity index (χ1) is 8.76. The second kappa shape index (κ2) is 5.69. The molecular formula is C14H20N4. The first kappa shape index (κ1) is 12.6. The molecule has 18 heavy (non-hydrogen) atoms. The fourth-order valence-electron chi connectivity index (χ4n) is 2.12. The molecule has 0 aliphatic carbocycles. The van der Waals surface area contributed by atoms with Crippen LogP contribution in [0.2, 0.25) is 0 Å². The third-order valence-corrected chi connectivity index (χ3v) is 3.12. The van der Waals surface area contributed by atoms with Gasteiger partial charge in [0.15, 0.2) is 0 Å². The van der Waals surface area contributed by atoms with Gasteiger partial charge >= 0.3 is 0 Å². The molecule has 1 aromatic heterocycles. The van der Waals surface area contributed by atoms with Crippen LogP contribution in [0.1, 0.15) is 18.1 Å². The molecule has 2 N–H and O–H groups in total. The standard InChI is InChI=1S/C14H20N4/c1-3-18-9-8-16-14(18)17(2)11-13-7-5-4-6-12(13)10-15/h4-9H,3,10-11,15H2,1-2H3. The number of imidazole rings is 1. The van der Waals surface area contributed by atoms with Crippen molar-refractivity contribution >= 4 is 5.95 Å². The monoisotopic (exact) mass is 244 g/mol. The highest BCUT2D eigenvalue weighted by atomic mass is 15.3. The van der Waals surface area contributed by atoms with Crippen molar-refractivity contribution < 1.29 is 0 Å². The summed E-state index contributed by atoms with van der Waals surface area (Å²) in [6, 6.07) is 8.28. The summed E-state index contributed by atoms with van der Waals surface area (Å²) in [5.41, 5.74) is 8.21. The van der Waals surface area contributed by atoms with Crippen molar-refractivity contribution in [2.45, 2.75) is 26.6 Å².